The molecule has 0 aromatic rings. The highest BCUT2D eigenvalue weighted by Gasteiger charge is 2.69. The molecule has 1 saturated heterocycles. The van der Waals surface area contributed by atoms with Gasteiger partial charge in [-0.15, -0.1) is 0 Å². The number of fused-ring (bicyclic) bond motifs is 7. The van der Waals surface area contributed by atoms with Gasteiger partial charge in [0.05, 0.1) is 12.7 Å². The van der Waals surface area contributed by atoms with Crippen molar-refractivity contribution >= 4 is 11.8 Å². The van der Waals surface area contributed by atoms with Crippen LogP contribution in [0.15, 0.2) is 11.6 Å². The highest BCUT2D eigenvalue weighted by atomic mass is 16.7. The number of aliphatic hydroxyl groups is 4. The molecule has 0 amide bonds. The molecule has 5 N–H and O–H groups in total. The fourth-order valence-corrected chi connectivity index (χ4v) is 12.0. The summed E-state index contributed by atoms with van der Waals surface area (Å²) in [6.07, 6.45) is 1.51. The number of aliphatic carboxylic acids is 1. The second-order valence-electron chi connectivity index (χ2n) is 17.8. The van der Waals surface area contributed by atoms with Gasteiger partial charge >= 0.3 is 5.97 Å². The Kier molecular flexibility index (Phi) is 7.88. The molecule has 6 aliphatic rings. The Labute approximate surface area is 267 Å². The van der Waals surface area contributed by atoms with Gasteiger partial charge in [0.15, 0.2) is 12.4 Å². The van der Waals surface area contributed by atoms with Crippen LogP contribution >= 0.6 is 0 Å². The van der Waals surface area contributed by atoms with Crippen LogP contribution in [-0.2, 0) is 19.1 Å². The van der Waals surface area contributed by atoms with Gasteiger partial charge in [0.1, 0.15) is 24.1 Å². The van der Waals surface area contributed by atoms with E-state index >= 15 is 0 Å². The largest absolute Gasteiger partial charge is 0.479 e. The number of hydrogen-bond donors (Lipinski definition) is 5. The summed E-state index contributed by atoms with van der Waals surface area (Å²) in [5.74, 6) is -0.285. The van der Waals surface area contributed by atoms with Gasteiger partial charge in [0.2, 0.25) is 0 Å². The van der Waals surface area contributed by atoms with Crippen molar-refractivity contribution in [3.05, 3.63) is 11.6 Å². The number of hydrogen-bond acceptors (Lipinski definition) is 8. The Morgan fingerprint density at radius 2 is 1.62 bits per heavy atom. The summed E-state index contributed by atoms with van der Waals surface area (Å²) >= 11 is 0. The maximum Gasteiger partial charge on any atom is 0.335 e. The minimum Gasteiger partial charge on any atom is -0.479 e. The van der Waals surface area contributed by atoms with Gasteiger partial charge in [-0.3, -0.25) is 4.79 Å². The second-order valence-corrected chi connectivity index (χ2v) is 17.8. The van der Waals surface area contributed by atoms with Crippen molar-refractivity contribution < 1.29 is 44.6 Å². The summed E-state index contributed by atoms with van der Waals surface area (Å²) < 4.78 is 11.8. The molecular formula is C36H56O9. The van der Waals surface area contributed by atoms with E-state index in [4.69, 9.17) is 9.47 Å². The van der Waals surface area contributed by atoms with E-state index in [9.17, 15) is 35.1 Å². The SMILES string of the molecule is CC1(C)CC(=O)C2(C)CCC3(C)C(=CCC4C5(C)CCC(OC6OC(C(=O)O)C(O)C(O)C6O)C(C)(CO)C5CCC43C)C2C1. The normalized spacial score (nSPS) is 54.2. The van der Waals surface area contributed by atoms with Crippen LogP contribution in [0.25, 0.3) is 0 Å². The molecule has 14 atom stereocenters. The molecule has 4 saturated carbocycles. The minimum absolute atomic E-state index is 0.00267. The van der Waals surface area contributed by atoms with Gasteiger partial charge in [-0.1, -0.05) is 60.1 Å². The molecule has 254 valence electrons. The summed E-state index contributed by atoms with van der Waals surface area (Å²) in [5, 5.41) is 51.8. The maximum atomic E-state index is 13.6. The molecule has 5 aliphatic carbocycles. The summed E-state index contributed by atoms with van der Waals surface area (Å²) in [7, 11) is 0. The number of Topliss-reactive ketones (excluding diaryl/α,β-unsaturated/α-hetero) is 1. The van der Waals surface area contributed by atoms with E-state index in [0.29, 0.717) is 24.5 Å². The zero-order valence-electron chi connectivity index (χ0n) is 28.2. The first-order chi connectivity index (χ1) is 20.8. The first-order valence-electron chi connectivity index (χ1n) is 17.2. The second kappa shape index (κ2) is 10.6. The van der Waals surface area contributed by atoms with E-state index in [2.05, 4.69) is 47.6 Å². The van der Waals surface area contributed by atoms with Gasteiger partial charge in [-0.05, 0) is 90.8 Å². The Morgan fingerprint density at radius 1 is 0.933 bits per heavy atom. The van der Waals surface area contributed by atoms with Gasteiger partial charge in [-0.2, -0.15) is 0 Å². The van der Waals surface area contributed by atoms with E-state index in [1.807, 2.05) is 6.92 Å². The number of carbonyl (C=O) groups excluding carboxylic acids is 1. The number of carboxylic acid groups (broad SMARTS) is 1. The maximum absolute atomic E-state index is 13.6. The average Bonchev–Trinajstić information content (AvgIpc) is 2.96. The standard InChI is InChI=1S/C36H56O9/c1-31(2)16-20-19-8-9-22-33(4)12-11-24(44-30-27(41)25(39)26(40)28(45-30)29(42)43)34(5,18-37)21(33)10-13-36(22,7)35(19,6)15-14-32(20,3)23(38)17-31/h8,20-22,24-28,30,37,39-41H,9-18H2,1-7H3,(H,42,43). The van der Waals surface area contributed by atoms with Gasteiger partial charge in [0.25, 0.3) is 0 Å². The lowest BCUT2D eigenvalue weighted by Crippen LogP contribution is -2.67. The zero-order chi connectivity index (χ0) is 33.1. The lowest BCUT2D eigenvalue weighted by molar-refractivity contribution is -0.327. The molecule has 0 aromatic heterocycles. The molecule has 1 aliphatic heterocycles. The van der Waals surface area contributed by atoms with Crippen molar-refractivity contribution in [1.29, 1.82) is 0 Å². The molecule has 5 fully saturated rings. The highest BCUT2D eigenvalue weighted by Crippen LogP contribution is 2.75. The van der Waals surface area contributed by atoms with Crippen molar-refractivity contribution in [2.75, 3.05) is 6.61 Å². The fraction of sp³-hybridized carbons (Fsp3) is 0.889. The monoisotopic (exact) mass is 632 g/mol. The third-order valence-electron chi connectivity index (χ3n) is 15.0. The predicted molar refractivity (Wildman–Crippen MR) is 166 cm³/mol. The van der Waals surface area contributed by atoms with Gasteiger partial charge in [0, 0.05) is 17.3 Å². The van der Waals surface area contributed by atoms with Crippen molar-refractivity contribution in [2.24, 2.45) is 50.2 Å². The first-order valence-corrected chi connectivity index (χ1v) is 17.2. The van der Waals surface area contributed by atoms with E-state index in [-0.39, 0.29) is 45.5 Å². The molecule has 0 radical (unpaired) electrons. The van der Waals surface area contributed by atoms with Crippen LogP contribution in [-0.4, -0.2) is 80.7 Å². The van der Waals surface area contributed by atoms with E-state index in [1.165, 1.54) is 5.57 Å². The van der Waals surface area contributed by atoms with Crippen LogP contribution in [0.1, 0.15) is 106 Å². The van der Waals surface area contributed by atoms with E-state index in [0.717, 1.165) is 44.9 Å². The van der Waals surface area contributed by atoms with Crippen LogP contribution in [0.2, 0.25) is 0 Å². The van der Waals surface area contributed by atoms with Crippen LogP contribution in [0.5, 0.6) is 0 Å². The minimum atomic E-state index is -1.78. The van der Waals surface area contributed by atoms with Crippen molar-refractivity contribution in [2.45, 2.75) is 143 Å². The molecule has 1 heterocycles. The van der Waals surface area contributed by atoms with E-state index in [1.54, 1.807) is 0 Å². The molecule has 9 nitrogen and oxygen atoms in total. The topological polar surface area (TPSA) is 154 Å². The lowest BCUT2D eigenvalue weighted by Gasteiger charge is -2.71. The van der Waals surface area contributed by atoms with Crippen LogP contribution in [0, 0.1) is 50.2 Å². The van der Waals surface area contributed by atoms with Gasteiger partial charge in [-0.25, -0.2) is 4.79 Å². The molecular weight excluding hydrogens is 576 g/mol. The lowest BCUT2D eigenvalue weighted by atomic mass is 9.33. The summed E-state index contributed by atoms with van der Waals surface area (Å²) in [6.45, 7) is 16.0. The van der Waals surface area contributed by atoms with E-state index < -0.39 is 48.2 Å². The smallest absolute Gasteiger partial charge is 0.335 e. The predicted octanol–water partition coefficient (Wildman–Crippen LogP) is 4.24. The Balaban J connectivity index is 1.30. The Morgan fingerprint density at radius 3 is 2.27 bits per heavy atom. The molecule has 0 spiro atoms. The zero-order valence-corrected chi connectivity index (χ0v) is 28.2. The van der Waals surface area contributed by atoms with Crippen molar-refractivity contribution in [1.82, 2.24) is 0 Å². The molecule has 9 heteroatoms. The number of carbonyl (C=O) groups is 2. The van der Waals surface area contributed by atoms with Crippen LogP contribution in [0.4, 0.5) is 0 Å². The summed E-state index contributed by atoms with van der Waals surface area (Å²) in [6, 6.07) is 0. The average molecular weight is 633 g/mol. The quantitative estimate of drug-likeness (QED) is 0.226. The highest BCUT2D eigenvalue weighted by molar-refractivity contribution is 5.87. The van der Waals surface area contributed by atoms with Crippen LogP contribution < -0.4 is 0 Å². The fourth-order valence-electron chi connectivity index (χ4n) is 12.0. The molecule has 14 unspecified atom stereocenters. The molecule has 0 aromatic carbocycles. The number of rotatable bonds is 4. The number of ketones is 1. The summed E-state index contributed by atoms with van der Waals surface area (Å²) in [5.41, 5.74) is 0.416. The van der Waals surface area contributed by atoms with Crippen LogP contribution in [0.3, 0.4) is 0 Å². The third kappa shape index (κ3) is 4.53. The third-order valence-corrected chi connectivity index (χ3v) is 15.0. The van der Waals surface area contributed by atoms with Crippen molar-refractivity contribution in [3.8, 4) is 0 Å². The Bertz CT molecular complexity index is 1260. The molecule has 6 rings (SSSR count). The number of carboxylic acids is 1. The number of ether oxygens (including phenoxy) is 2. The first kappa shape index (κ1) is 33.5. The number of allylic oxidation sites excluding steroid dienone is 2. The molecule has 45 heavy (non-hydrogen) atoms. The van der Waals surface area contributed by atoms with Gasteiger partial charge < -0.3 is 35.0 Å². The van der Waals surface area contributed by atoms with Crippen molar-refractivity contribution in [3.63, 3.8) is 0 Å². The number of aliphatic hydroxyl groups excluding tert-OH is 4. The summed E-state index contributed by atoms with van der Waals surface area (Å²) in [4.78, 5) is 25.3. The molecule has 0 bridgehead atoms. The Hall–Kier alpha value is -1.36.